The standard InChI is InChI=1S/C21H33ClN4O5S/c1-21(2,3)25-32(29,30)24-17(10-9-16-7-6-12-23-19(16)22)8-4-5-14-31-18-11-13-26(15-18)20(27)28/h6-7,12,18,25H,4-5,8-11,13-15H2,1-3H3,(H,27,28)/b24-17-/t18-/m1/s1. The van der Waals surface area contributed by atoms with E-state index in [1.165, 1.54) is 4.90 Å². The number of amides is 1. The van der Waals surface area contributed by atoms with Crippen LogP contribution < -0.4 is 4.72 Å². The van der Waals surface area contributed by atoms with Gasteiger partial charge in [0.25, 0.3) is 0 Å². The van der Waals surface area contributed by atoms with Gasteiger partial charge in [0.1, 0.15) is 5.15 Å². The lowest BCUT2D eigenvalue weighted by molar-refractivity contribution is 0.0565. The summed E-state index contributed by atoms with van der Waals surface area (Å²) in [4.78, 5) is 16.4. The van der Waals surface area contributed by atoms with E-state index < -0.39 is 21.8 Å². The van der Waals surface area contributed by atoms with Crippen molar-refractivity contribution in [3.05, 3.63) is 29.0 Å². The van der Waals surface area contributed by atoms with Crippen LogP contribution in [0.25, 0.3) is 0 Å². The number of aromatic nitrogens is 1. The predicted molar refractivity (Wildman–Crippen MR) is 125 cm³/mol. The molecule has 0 saturated carbocycles. The van der Waals surface area contributed by atoms with E-state index >= 15 is 0 Å². The molecule has 1 saturated heterocycles. The third-order valence-electron chi connectivity index (χ3n) is 4.83. The topological polar surface area (TPSA) is 121 Å². The highest BCUT2D eigenvalue weighted by atomic mass is 35.5. The van der Waals surface area contributed by atoms with Gasteiger partial charge in [-0.15, -0.1) is 0 Å². The maximum atomic E-state index is 12.5. The second-order valence-electron chi connectivity index (χ2n) is 8.91. The maximum Gasteiger partial charge on any atom is 0.407 e. The van der Waals surface area contributed by atoms with Gasteiger partial charge in [0.2, 0.25) is 0 Å². The first-order valence-corrected chi connectivity index (χ1v) is 12.6. The fourth-order valence-electron chi connectivity index (χ4n) is 3.40. The molecule has 9 nitrogen and oxygen atoms in total. The van der Waals surface area contributed by atoms with E-state index in [2.05, 4.69) is 14.1 Å². The molecule has 1 atom stereocenters. The summed E-state index contributed by atoms with van der Waals surface area (Å²) >= 11 is 6.13. The zero-order valence-electron chi connectivity index (χ0n) is 18.9. The molecule has 0 unspecified atom stereocenters. The molecule has 2 rings (SSSR count). The fraction of sp³-hybridized carbons (Fsp3) is 0.667. The minimum atomic E-state index is -3.83. The number of ether oxygens (including phenoxy) is 1. The van der Waals surface area contributed by atoms with Crippen LogP contribution in [0.3, 0.4) is 0 Å². The second-order valence-corrected chi connectivity index (χ2v) is 10.6. The van der Waals surface area contributed by atoms with Gasteiger partial charge in [0.05, 0.1) is 12.6 Å². The zero-order valence-corrected chi connectivity index (χ0v) is 20.5. The Balaban J connectivity index is 1.90. The third-order valence-corrected chi connectivity index (χ3v) is 6.54. The number of pyridine rings is 1. The van der Waals surface area contributed by atoms with E-state index in [1.807, 2.05) is 6.07 Å². The molecular formula is C21H33ClN4O5S. The first-order chi connectivity index (χ1) is 15.0. The summed E-state index contributed by atoms with van der Waals surface area (Å²) < 4.78 is 37.3. The molecule has 2 heterocycles. The van der Waals surface area contributed by atoms with Crippen LogP contribution in [0.4, 0.5) is 4.79 Å². The van der Waals surface area contributed by atoms with Gasteiger partial charge in [-0.1, -0.05) is 17.7 Å². The van der Waals surface area contributed by atoms with E-state index in [1.54, 1.807) is 33.0 Å². The number of halogens is 1. The van der Waals surface area contributed by atoms with E-state index in [-0.39, 0.29) is 6.10 Å². The quantitative estimate of drug-likeness (QED) is 0.278. The minimum absolute atomic E-state index is 0.0803. The molecule has 1 aromatic heterocycles. The number of rotatable bonds is 11. The molecule has 1 aliphatic heterocycles. The van der Waals surface area contributed by atoms with Crippen molar-refractivity contribution < 1.29 is 23.1 Å². The van der Waals surface area contributed by atoms with E-state index in [0.717, 1.165) is 12.0 Å². The Labute approximate surface area is 195 Å². The van der Waals surface area contributed by atoms with Crippen LogP contribution >= 0.6 is 11.6 Å². The fourth-order valence-corrected chi connectivity index (χ4v) is 4.96. The number of hydrogen-bond acceptors (Lipinski definition) is 5. The summed E-state index contributed by atoms with van der Waals surface area (Å²) in [5.41, 5.74) is 0.786. The van der Waals surface area contributed by atoms with Crippen LogP contribution in [0, 0.1) is 0 Å². The minimum Gasteiger partial charge on any atom is -0.465 e. The Kier molecular flexibility index (Phi) is 9.87. The van der Waals surface area contributed by atoms with E-state index in [9.17, 15) is 13.2 Å². The van der Waals surface area contributed by atoms with Crippen LogP contribution in [0.15, 0.2) is 22.7 Å². The monoisotopic (exact) mass is 488 g/mol. The molecular weight excluding hydrogens is 456 g/mol. The molecule has 32 heavy (non-hydrogen) atoms. The van der Waals surface area contributed by atoms with Gasteiger partial charge >= 0.3 is 16.3 Å². The Bertz CT molecular complexity index is 902. The highest BCUT2D eigenvalue weighted by Gasteiger charge is 2.26. The summed E-state index contributed by atoms with van der Waals surface area (Å²) in [5, 5.41) is 9.41. The number of hydrogen-bond donors (Lipinski definition) is 2. The van der Waals surface area contributed by atoms with Gasteiger partial charge < -0.3 is 14.7 Å². The summed E-state index contributed by atoms with van der Waals surface area (Å²) in [6, 6.07) is 3.66. The van der Waals surface area contributed by atoms with Crippen molar-refractivity contribution in [1.82, 2.24) is 14.6 Å². The van der Waals surface area contributed by atoms with Crippen molar-refractivity contribution in [2.24, 2.45) is 4.40 Å². The van der Waals surface area contributed by atoms with Gasteiger partial charge in [-0.25, -0.2) is 9.78 Å². The van der Waals surface area contributed by atoms with Crippen molar-refractivity contribution in [2.75, 3.05) is 19.7 Å². The average Bonchev–Trinajstić information content (AvgIpc) is 3.14. The number of nitrogens with one attached hydrogen (secondary N) is 1. The summed E-state index contributed by atoms with van der Waals surface area (Å²) in [6.07, 6.45) is 4.24. The van der Waals surface area contributed by atoms with Crippen LogP contribution in [0.5, 0.6) is 0 Å². The molecule has 1 fully saturated rings. The third kappa shape index (κ3) is 9.81. The lowest BCUT2D eigenvalue weighted by Crippen LogP contribution is -2.39. The zero-order chi connectivity index (χ0) is 23.8. The Morgan fingerprint density at radius 1 is 1.38 bits per heavy atom. The van der Waals surface area contributed by atoms with E-state index in [0.29, 0.717) is 62.7 Å². The van der Waals surface area contributed by atoms with Gasteiger partial charge in [-0.05, 0) is 70.9 Å². The summed E-state index contributed by atoms with van der Waals surface area (Å²) in [7, 11) is -3.83. The van der Waals surface area contributed by atoms with Gasteiger partial charge in [0.15, 0.2) is 0 Å². The number of unbranched alkanes of at least 4 members (excludes halogenated alkanes) is 1. The van der Waals surface area contributed by atoms with Crippen LogP contribution in [-0.2, 0) is 21.4 Å². The number of aryl methyl sites for hydroxylation is 1. The largest absolute Gasteiger partial charge is 0.465 e. The van der Waals surface area contributed by atoms with Crippen molar-refractivity contribution >= 4 is 33.6 Å². The van der Waals surface area contributed by atoms with Gasteiger partial charge in [-0.2, -0.15) is 17.5 Å². The first-order valence-electron chi connectivity index (χ1n) is 10.8. The smallest absolute Gasteiger partial charge is 0.407 e. The number of carboxylic acid groups (broad SMARTS) is 1. The highest BCUT2D eigenvalue weighted by molar-refractivity contribution is 7.88. The van der Waals surface area contributed by atoms with E-state index in [4.69, 9.17) is 21.4 Å². The van der Waals surface area contributed by atoms with Crippen LogP contribution in [0.2, 0.25) is 5.15 Å². The molecule has 2 N–H and O–H groups in total. The predicted octanol–water partition coefficient (Wildman–Crippen LogP) is 3.68. The molecule has 0 bridgehead atoms. The molecule has 0 aliphatic carbocycles. The van der Waals surface area contributed by atoms with Gasteiger partial charge in [-0.3, -0.25) is 0 Å². The van der Waals surface area contributed by atoms with Crippen molar-refractivity contribution in [3.63, 3.8) is 0 Å². The number of likely N-dealkylation sites (tertiary alicyclic amines) is 1. The Morgan fingerprint density at radius 3 is 2.75 bits per heavy atom. The molecule has 180 valence electrons. The molecule has 0 aromatic carbocycles. The first kappa shape index (κ1) is 26.5. The van der Waals surface area contributed by atoms with Gasteiger partial charge in [0, 0.05) is 30.6 Å². The molecule has 1 amide bonds. The maximum absolute atomic E-state index is 12.5. The number of carbonyl (C=O) groups is 1. The molecule has 1 aliphatic rings. The van der Waals surface area contributed by atoms with Crippen LogP contribution in [0.1, 0.15) is 58.4 Å². The number of nitrogens with zero attached hydrogens (tertiary/aromatic N) is 3. The Morgan fingerprint density at radius 2 is 2.12 bits per heavy atom. The lowest BCUT2D eigenvalue weighted by atomic mass is 10.0. The van der Waals surface area contributed by atoms with Crippen molar-refractivity contribution in [1.29, 1.82) is 0 Å². The normalized spacial score (nSPS) is 17.7. The molecule has 11 heteroatoms. The highest BCUT2D eigenvalue weighted by Crippen LogP contribution is 2.17. The lowest BCUT2D eigenvalue weighted by Gasteiger charge is -2.19. The van der Waals surface area contributed by atoms with Crippen LogP contribution in [-0.4, -0.2) is 66.6 Å². The Hall–Kier alpha value is -1.75. The van der Waals surface area contributed by atoms with Crippen molar-refractivity contribution in [2.45, 2.75) is 70.9 Å². The molecule has 1 aromatic rings. The van der Waals surface area contributed by atoms with Crippen molar-refractivity contribution in [3.8, 4) is 0 Å². The summed E-state index contributed by atoms with van der Waals surface area (Å²) in [6.45, 7) is 6.67. The average molecular weight is 489 g/mol. The molecule has 0 radical (unpaired) electrons. The molecule has 0 spiro atoms. The SMILES string of the molecule is CC(C)(C)NS(=O)(=O)/N=C(/CCCCO[C@@H]1CCN(C(=O)O)C1)CCc1cccnc1Cl. The summed E-state index contributed by atoms with van der Waals surface area (Å²) in [5.74, 6) is 0. The second kappa shape index (κ2) is 11.9.